The number of alkyl halides is 3. The van der Waals surface area contributed by atoms with Gasteiger partial charge in [0, 0.05) is 19.5 Å². The van der Waals surface area contributed by atoms with Crippen molar-refractivity contribution >= 4 is 5.91 Å². The van der Waals surface area contributed by atoms with Gasteiger partial charge in [-0.2, -0.15) is 13.2 Å². The molecule has 2 rings (SSSR count). The van der Waals surface area contributed by atoms with Gasteiger partial charge in [-0.25, -0.2) is 0 Å². The summed E-state index contributed by atoms with van der Waals surface area (Å²) < 4.78 is 41.2. The van der Waals surface area contributed by atoms with Gasteiger partial charge in [0.1, 0.15) is 5.75 Å². The Bertz CT molecular complexity index is 489. The van der Waals surface area contributed by atoms with Gasteiger partial charge in [-0.1, -0.05) is 12.1 Å². The van der Waals surface area contributed by atoms with Crippen LogP contribution in [0.4, 0.5) is 13.2 Å². The third kappa shape index (κ3) is 5.55. The number of nitrogens with one attached hydrogen (secondary N) is 2. The number of ether oxygens (including phenoxy) is 1. The molecule has 0 aromatic heterocycles. The lowest BCUT2D eigenvalue weighted by molar-refractivity contribution is -0.136. The van der Waals surface area contributed by atoms with E-state index in [-0.39, 0.29) is 25.0 Å². The Labute approximate surface area is 127 Å². The molecule has 1 amide bonds. The number of amides is 1. The maximum Gasteiger partial charge on any atom is 0.389 e. The fraction of sp³-hybridized carbons (Fsp3) is 0.533. The molecule has 0 spiro atoms. The summed E-state index contributed by atoms with van der Waals surface area (Å²) in [6, 6.07) is 6.95. The minimum atomic E-state index is -4.13. The molecule has 1 atom stereocenters. The van der Waals surface area contributed by atoms with E-state index in [1.54, 1.807) is 12.1 Å². The van der Waals surface area contributed by atoms with E-state index < -0.39 is 12.6 Å². The maximum absolute atomic E-state index is 12.0. The second-order valence-electron chi connectivity index (χ2n) is 5.22. The number of carbonyl (C=O) groups excluding carboxylic acids is 1. The minimum Gasteiger partial charge on any atom is -0.494 e. The molecule has 2 N–H and O–H groups in total. The summed E-state index contributed by atoms with van der Waals surface area (Å²) in [5.74, 6) is 0.564. The van der Waals surface area contributed by atoms with Crippen molar-refractivity contribution in [3.8, 4) is 5.75 Å². The van der Waals surface area contributed by atoms with Crippen LogP contribution in [-0.4, -0.2) is 31.3 Å². The van der Waals surface area contributed by atoms with Gasteiger partial charge in [0.05, 0.1) is 12.6 Å². The second-order valence-corrected chi connectivity index (χ2v) is 5.22. The molecular formula is C15H19F3N2O2. The fourth-order valence-corrected chi connectivity index (χ4v) is 2.20. The molecule has 122 valence electrons. The molecule has 1 unspecified atom stereocenters. The minimum absolute atomic E-state index is 0.0182. The predicted molar refractivity (Wildman–Crippen MR) is 75.5 cm³/mol. The lowest BCUT2D eigenvalue weighted by Gasteiger charge is -2.11. The highest BCUT2D eigenvalue weighted by atomic mass is 19.4. The van der Waals surface area contributed by atoms with E-state index in [2.05, 4.69) is 10.6 Å². The normalized spacial score (nSPS) is 18.3. The zero-order valence-electron chi connectivity index (χ0n) is 12.1. The summed E-state index contributed by atoms with van der Waals surface area (Å²) in [7, 11) is 0. The van der Waals surface area contributed by atoms with Gasteiger partial charge in [-0.3, -0.25) is 4.79 Å². The molecule has 7 heteroatoms. The van der Waals surface area contributed by atoms with Crippen LogP contribution in [0.25, 0.3) is 0 Å². The summed E-state index contributed by atoms with van der Waals surface area (Å²) in [4.78, 5) is 11.4. The van der Waals surface area contributed by atoms with Crippen LogP contribution in [0.2, 0.25) is 0 Å². The van der Waals surface area contributed by atoms with Crippen LogP contribution in [-0.2, 0) is 11.3 Å². The molecule has 0 aliphatic carbocycles. The van der Waals surface area contributed by atoms with E-state index in [1.807, 2.05) is 12.1 Å². The van der Waals surface area contributed by atoms with Crippen LogP contribution in [0.5, 0.6) is 5.75 Å². The number of benzene rings is 1. The Balaban J connectivity index is 1.70. The highest BCUT2D eigenvalue weighted by Gasteiger charge is 2.26. The van der Waals surface area contributed by atoms with Gasteiger partial charge in [0.25, 0.3) is 0 Å². The van der Waals surface area contributed by atoms with E-state index in [0.29, 0.717) is 18.8 Å². The highest BCUT2D eigenvalue weighted by molar-refractivity contribution is 5.83. The van der Waals surface area contributed by atoms with Gasteiger partial charge in [0.2, 0.25) is 5.91 Å². The topological polar surface area (TPSA) is 50.4 Å². The van der Waals surface area contributed by atoms with E-state index in [4.69, 9.17) is 4.74 Å². The first-order valence-corrected chi connectivity index (χ1v) is 7.24. The first-order chi connectivity index (χ1) is 10.4. The molecule has 1 fully saturated rings. The summed E-state index contributed by atoms with van der Waals surface area (Å²) in [6.07, 6.45) is -4.24. The quantitative estimate of drug-likeness (QED) is 0.760. The monoisotopic (exact) mass is 316 g/mol. The van der Waals surface area contributed by atoms with E-state index >= 15 is 0 Å². The van der Waals surface area contributed by atoms with Crippen molar-refractivity contribution < 1.29 is 22.7 Å². The van der Waals surface area contributed by atoms with Crippen molar-refractivity contribution in [2.75, 3.05) is 13.2 Å². The molecule has 1 aromatic rings. The van der Waals surface area contributed by atoms with Crippen molar-refractivity contribution in [2.24, 2.45) is 0 Å². The summed E-state index contributed by atoms with van der Waals surface area (Å²) in [6.45, 7) is 1.30. The summed E-state index contributed by atoms with van der Waals surface area (Å²) in [5.41, 5.74) is 0.988. The van der Waals surface area contributed by atoms with Crippen molar-refractivity contribution in [3.05, 3.63) is 29.8 Å². The average Bonchev–Trinajstić information content (AvgIpc) is 2.87. The van der Waals surface area contributed by atoms with E-state index in [1.165, 1.54) is 0 Å². The molecule has 1 aliphatic rings. The fourth-order valence-electron chi connectivity index (χ4n) is 2.20. The van der Waals surface area contributed by atoms with Crippen LogP contribution in [0.15, 0.2) is 24.3 Å². The number of halogens is 3. The summed E-state index contributed by atoms with van der Waals surface area (Å²) in [5, 5.41) is 5.91. The van der Waals surface area contributed by atoms with E-state index in [9.17, 15) is 18.0 Å². The number of rotatable bonds is 7. The van der Waals surface area contributed by atoms with Gasteiger partial charge in [-0.15, -0.1) is 0 Å². The largest absolute Gasteiger partial charge is 0.494 e. The van der Waals surface area contributed by atoms with Crippen molar-refractivity contribution in [1.82, 2.24) is 10.6 Å². The predicted octanol–water partition coefficient (Wildman–Crippen LogP) is 2.39. The molecule has 0 radical (unpaired) electrons. The van der Waals surface area contributed by atoms with Crippen LogP contribution in [0, 0.1) is 0 Å². The third-order valence-corrected chi connectivity index (χ3v) is 3.40. The first kappa shape index (κ1) is 16.6. The standard InChI is InChI=1S/C15H19F3N2O2/c16-15(17,18)7-1-9-22-12-4-2-11(3-5-12)10-20-13-6-8-19-14(13)21/h2-5,13,20H,1,6-10H2,(H,19,21). The van der Waals surface area contributed by atoms with E-state index in [0.717, 1.165) is 12.0 Å². The average molecular weight is 316 g/mol. The molecule has 1 heterocycles. The first-order valence-electron chi connectivity index (χ1n) is 7.24. The van der Waals surface area contributed by atoms with Crippen LogP contribution >= 0.6 is 0 Å². The molecular weight excluding hydrogens is 297 g/mol. The van der Waals surface area contributed by atoms with Crippen LogP contribution in [0.1, 0.15) is 24.8 Å². The molecule has 22 heavy (non-hydrogen) atoms. The Morgan fingerprint density at radius 2 is 2.00 bits per heavy atom. The molecule has 1 saturated heterocycles. The van der Waals surface area contributed by atoms with Crippen molar-refractivity contribution in [2.45, 2.75) is 38.0 Å². The Morgan fingerprint density at radius 1 is 1.27 bits per heavy atom. The van der Waals surface area contributed by atoms with Crippen LogP contribution < -0.4 is 15.4 Å². The number of hydrogen-bond donors (Lipinski definition) is 2. The zero-order chi connectivity index (χ0) is 16.0. The van der Waals surface area contributed by atoms with Gasteiger partial charge < -0.3 is 15.4 Å². The van der Waals surface area contributed by atoms with Crippen LogP contribution in [0.3, 0.4) is 0 Å². The van der Waals surface area contributed by atoms with Gasteiger partial charge in [0.15, 0.2) is 0 Å². The Hall–Kier alpha value is -1.76. The smallest absolute Gasteiger partial charge is 0.389 e. The van der Waals surface area contributed by atoms with Crippen molar-refractivity contribution in [3.63, 3.8) is 0 Å². The lowest BCUT2D eigenvalue weighted by atomic mass is 10.2. The second kappa shape index (κ2) is 7.49. The molecule has 1 aromatic carbocycles. The Kier molecular flexibility index (Phi) is 5.65. The van der Waals surface area contributed by atoms with Gasteiger partial charge in [-0.05, 0) is 30.5 Å². The molecule has 4 nitrogen and oxygen atoms in total. The lowest BCUT2D eigenvalue weighted by Crippen LogP contribution is -2.35. The summed E-state index contributed by atoms with van der Waals surface area (Å²) >= 11 is 0. The zero-order valence-corrected chi connectivity index (χ0v) is 12.1. The van der Waals surface area contributed by atoms with Crippen molar-refractivity contribution in [1.29, 1.82) is 0 Å². The Morgan fingerprint density at radius 3 is 2.59 bits per heavy atom. The maximum atomic E-state index is 12.0. The number of hydrogen-bond acceptors (Lipinski definition) is 3. The molecule has 1 aliphatic heterocycles. The molecule has 0 bridgehead atoms. The third-order valence-electron chi connectivity index (χ3n) is 3.40. The number of carbonyl (C=O) groups is 1. The van der Waals surface area contributed by atoms with Gasteiger partial charge >= 0.3 is 6.18 Å². The molecule has 0 saturated carbocycles. The SMILES string of the molecule is O=C1NCCC1NCc1ccc(OCCCC(F)(F)F)cc1. The highest BCUT2D eigenvalue weighted by Crippen LogP contribution is 2.21.